The lowest BCUT2D eigenvalue weighted by Gasteiger charge is -2.27. The van der Waals surface area contributed by atoms with Gasteiger partial charge in [-0.3, -0.25) is 0 Å². The second kappa shape index (κ2) is 8.93. The number of anilines is 1. The number of hydrogen-bond acceptors (Lipinski definition) is 4. The highest BCUT2D eigenvalue weighted by Crippen LogP contribution is 2.31. The smallest absolute Gasteiger partial charge is 0.258 e. The van der Waals surface area contributed by atoms with E-state index in [1.54, 1.807) is 6.20 Å². The Balaban J connectivity index is 1.65. The minimum absolute atomic E-state index is 0.277. The molecule has 2 aromatic rings. The molecule has 0 N–H and O–H groups in total. The van der Waals surface area contributed by atoms with Crippen molar-refractivity contribution in [1.82, 2.24) is 9.97 Å². The zero-order valence-corrected chi connectivity index (χ0v) is 18.2. The van der Waals surface area contributed by atoms with Gasteiger partial charge in [0.1, 0.15) is 5.60 Å². The summed E-state index contributed by atoms with van der Waals surface area (Å²) in [4.78, 5) is 11.7. The van der Waals surface area contributed by atoms with Gasteiger partial charge in [-0.25, -0.2) is 9.97 Å². The van der Waals surface area contributed by atoms with Crippen molar-refractivity contribution in [2.75, 3.05) is 18.0 Å². The Morgan fingerprint density at radius 3 is 2.64 bits per heavy atom. The molecule has 28 heavy (non-hydrogen) atoms. The van der Waals surface area contributed by atoms with Crippen molar-refractivity contribution < 1.29 is 4.74 Å². The van der Waals surface area contributed by atoms with Gasteiger partial charge in [0.2, 0.25) is 0 Å². The molecular formula is C24H35N3O. The molecule has 1 aromatic heterocycles. The quantitative estimate of drug-likeness (QED) is 0.684. The Bertz CT molecular complexity index is 782. The molecule has 1 atom stereocenters. The van der Waals surface area contributed by atoms with Gasteiger partial charge in [0.25, 0.3) is 5.88 Å². The standard InChI is InChI=1S/C24H35N3O/c1-18-9-6-7-11-21(18)13-12-20-10-8-15-27(16-14-20)22-23(28-24(3,4)5)25-17-19(2)26-22/h6-7,9,11,17,20H,8,10,12-16H2,1-5H3. The lowest BCUT2D eigenvalue weighted by atomic mass is 9.92. The molecule has 0 bridgehead atoms. The third-order valence-electron chi connectivity index (χ3n) is 5.48. The van der Waals surface area contributed by atoms with Gasteiger partial charge in [-0.2, -0.15) is 0 Å². The molecule has 0 spiro atoms. The van der Waals surface area contributed by atoms with E-state index in [1.807, 2.05) is 6.92 Å². The molecule has 1 aliphatic heterocycles. The van der Waals surface area contributed by atoms with Crippen molar-refractivity contribution >= 4 is 5.82 Å². The fourth-order valence-corrected chi connectivity index (χ4v) is 3.94. The van der Waals surface area contributed by atoms with Crippen molar-refractivity contribution in [3.8, 4) is 5.88 Å². The lowest BCUT2D eigenvalue weighted by molar-refractivity contribution is 0.124. The molecule has 152 valence electrons. The van der Waals surface area contributed by atoms with Gasteiger partial charge in [0.05, 0.1) is 11.9 Å². The van der Waals surface area contributed by atoms with Crippen LogP contribution in [0.1, 0.15) is 63.3 Å². The van der Waals surface area contributed by atoms with E-state index in [-0.39, 0.29) is 5.60 Å². The summed E-state index contributed by atoms with van der Waals surface area (Å²) < 4.78 is 6.11. The molecule has 4 nitrogen and oxygen atoms in total. The third-order valence-corrected chi connectivity index (χ3v) is 5.48. The number of nitrogens with zero attached hydrogens (tertiary/aromatic N) is 3. The van der Waals surface area contributed by atoms with Crippen LogP contribution >= 0.6 is 0 Å². The second-order valence-corrected chi connectivity index (χ2v) is 9.10. The van der Waals surface area contributed by atoms with Crippen LogP contribution in [0, 0.1) is 19.8 Å². The number of rotatable bonds is 5. The van der Waals surface area contributed by atoms with Crippen molar-refractivity contribution in [3.63, 3.8) is 0 Å². The molecule has 0 aliphatic carbocycles. The molecule has 1 saturated heterocycles. The van der Waals surface area contributed by atoms with Crippen molar-refractivity contribution in [3.05, 3.63) is 47.3 Å². The van der Waals surface area contributed by atoms with Gasteiger partial charge in [-0.15, -0.1) is 0 Å². The summed E-state index contributed by atoms with van der Waals surface area (Å²) in [5.74, 6) is 2.35. The van der Waals surface area contributed by atoms with Gasteiger partial charge >= 0.3 is 0 Å². The molecule has 0 saturated carbocycles. The SMILES string of the molecule is Cc1cnc(OC(C)(C)C)c(N2CCCC(CCc3ccccc3C)CC2)n1. The normalized spacial score (nSPS) is 18.0. The monoisotopic (exact) mass is 381 g/mol. The first-order chi connectivity index (χ1) is 13.3. The number of aromatic nitrogens is 2. The van der Waals surface area contributed by atoms with Crippen LogP contribution in [-0.4, -0.2) is 28.7 Å². The van der Waals surface area contributed by atoms with Crippen LogP contribution in [0.15, 0.2) is 30.5 Å². The van der Waals surface area contributed by atoms with E-state index in [9.17, 15) is 0 Å². The van der Waals surface area contributed by atoms with Crippen LogP contribution in [0.2, 0.25) is 0 Å². The number of ether oxygens (including phenoxy) is 1. The Labute approximate surface area is 170 Å². The first-order valence-corrected chi connectivity index (χ1v) is 10.6. The fraction of sp³-hybridized carbons (Fsp3) is 0.583. The average molecular weight is 382 g/mol. The minimum atomic E-state index is -0.277. The van der Waals surface area contributed by atoms with E-state index in [0.717, 1.165) is 30.5 Å². The van der Waals surface area contributed by atoms with Gasteiger partial charge in [-0.1, -0.05) is 24.3 Å². The molecule has 1 fully saturated rings. The van der Waals surface area contributed by atoms with E-state index in [4.69, 9.17) is 9.72 Å². The van der Waals surface area contributed by atoms with Gasteiger partial charge in [-0.05, 0) is 83.8 Å². The maximum Gasteiger partial charge on any atom is 0.258 e. The molecule has 1 unspecified atom stereocenters. The van der Waals surface area contributed by atoms with E-state index >= 15 is 0 Å². The van der Waals surface area contributed by atoms with Crippen LogP contribution in [0.4, 0.5) is 5.82 Å². The number of hydrogen-bond donors (Lipinski definition) is 0. The zero-order valence-electron chi connectivity index (χ0n) is 18.2. The Hall–Kier alpha value is -2.10. The molecule has 0 radical (unpaired) electrons. The maximum atomic E-state index is 6.11. The Morgan fingerprint density at radius 1 is 1.11 bits per heavy atom. The average Bonchev–Trinajstić information content (AvgIpc) is 2.87. The molecule has 1 aliphatic rings. The Kier molecular flexibility index (Phi) is 6.58. The minimum Gasteiger partial charge on any atom is -0.469 e. The predicted molar refractivity (Wildman–Crippen MR) is 116 cm³/mol. The van der Waals surface area contributed by atoms with Crippen LogP contribution in [0.3, 0.4) is 0 Å². The van der Waals surface area contributed by atoms with E-state index < -0.39 is 0 Å². The number of benzene rings is 1. The summed E-state index contributed by atoms with van der Waals surface area (Å²) in [5, 5.41) is 0. The van der Waals surface area contributed by atoms with Gasteiger partial charge in [0, 0.05) is 13.1 Å². The highest BCUT2D eigenvalue weighted by molar-refractivity contribution is 5.49. The van der Waals surface area contributed by atoms with Crippen molar-refractivity contribution in [1.29, 1.82) is 0 Å². The summed E-state index contributed by atoms with van der Waals surface area (Å²) in [7, 11) is 0. The first-order valence-electron chi connectivity index (χ1n) is 10.6. The molecule has 0 amide bonds. The van der Waals surface area contributed by atoms with Gasteiger partial charge in [0.15, 0.2) is 5.82 Å². The summed E-state index contributed by atoms with van der Waals surface area (Å²) in [6.07, 6.45) is 7.94. The van der Waals surface area contributed by atoms with Crippen LogP contribution in [0.25, 0.3) is 0 Å². The molecule has 4 heteroatoms. The van der Waals surface area contributed by atoms with Crippen molar-refractivity contribution in [2.24, 2.45) is 5.92 Å². The summed E-state index contributed by atoms with van der Waals surface area (Å²) in [6.45, 7) is 12.4. The van der Waals surface area contributed by atoms with Crippen LogP contribution < -0.4 is 9.64 Å². The topological polar surface area (TPSA) is 38.2 Å². The van der Waals surface area contributed by atoms with E-state index in [0.29, 0.717) is 5.88 Å². The first kappa shape index (κ1) is 20.6. The highest BCUT2D eigenvalue weighted by atomic mass is 16.5. The van der Waals surface area contributed by atoms with Gasteiger partial charge < -0.3 is 9.64 Å². The zero-order chi connectivity index (χ0) is 20.1. The van der Waals surface area contributed by atoms with Crippen LogP contribution in [0.5, 0.6) is 5.88 Å². The predicted octanol–water partition coefficient (Wildman–Crippen LogP) is 5.51. The Morgan fingerprint density at radius 2 is 1.89 bits per heavy atom. The van der Waals surface area contributed by atoms with Crippen molar-refractivity contribution in [2.45, 2.75) is 72.3 Å². The van der Waals surface area contributed by atoms with Crippen LogP contribution in [-0.2, 0) is 6.42 Å². The maximum absolute atomic E-state index is 6.11. The molecule has 1 aromatic carbocycles. The fourth-order valence-electron chi connectivity index (χ4n) is 3.94. The number of aryl methyl sites for hydroxylation is 3. The second-order valence-electron chi connectivity index (χ2n) is 9.10. The van der Waals surface area contributed by atoms with E-state index in [1.165, 1.54) is 43.2 Å². The lowest BCUT2D eigenvalue weighted by Crippen LogP contribution is -2.29. The third kappa shape index (κ3) is 5.70. The molecular weight excluding hydrogens is 346 g/mol. The summed E-state index contributed by atoms with van der Waals surface area (Å²) in [5.41, 5.74) is 3.57. The molecule has 3 rings (SSSR count). The molecule has 2 heterocycles. The highest BCUT2D eigenvalue weighted by Gasteiger charge is 2.24. The summed E-state index contributed by atoms with van der Waals surface area (Å²) >= 11 is 0. The summed E-state index contributed by atoms with van der Waals surface area (Å²) in [6, 6.07) is 8.78. The largest absolute Gasteiger partial charge is 0.469 e. The van der Waals surface area contributed by atoms with E-state index in [2.05, 4.69) is 61.8 Å².